The Kier molecular flexibility index (Phi) is 4.94. The van der Waals surface area contributed by atoms with Gasteiger partial charge in [-0.1, -0.05) is 0 Å². The van der Waals surface area contributed by atoms with Gasteiger partial charge >= 0.3 is 0 Å². The molecule has 0 aliphatic carbocycles. The number of ether oxygens (including phenoxy) is 3. The van der Waals surface area contributed by atoms with Crippen LogP contribution in [0.2, 0.25) is 0 Å². The van der Waals surface area contributed by atoms with Crippen molar-refractivity contribution in [3.05, 3.63) is 28.3 Å². The van der Waals surface area contributed by atoms with Crippen LogP contribution in [-0.4, -0.2) is 55.8 Å². The summed E-state index contributed by atoms with van der Waals surface area (Å²) in [7, 11) is 1.43. The molecule has 1 fully saturated rings. The molecule has 2 rings (SSSR count). The number of nitrogens with zero attached hydrogens (tertiary/aromatic N) is 2. The second kappa shape index (κ2) is 6.89. The summed E-state index contributed by atoms with van der Waals surface area (Å²) < 4.78 is 15.6. The molecule has 1 aliphatic heterocycles. The molecule has 0 aromatic heterocycles. The zero-order valence-corrected chi connectivity index (χ0v) is 11.6. The molecule has 0 spiro atoms. The van der Waals surface area contributed by atoms with Crippen molar-refractivity contribution in [2.24, 2.45) is 0 Å². The molecule has 0 radical (unpaired) electrons. The molecular weight excluding hydrogens is 280 g/mol. The monoisotopic (exact) mass is 296 g/mol. The van der Waals surface area contributed by atoms with Crippen LogP contribution >= 0.6 is 0 Å². The summed E-state index contributed by atoms with van der Waals surface area (Å²) in [5.41, 5.74) is -0.121. The summed E-state index contributed by atoms with van der Waals surface area (Å²) in [4.78, 5) is 23.8. The Morgan fingerprint density at radius 1 is 1.38 bits per heavy atom. The zero-order chi connectivity index (χ0) is 15.2. The summed E-state index contributed by atoms with van der Waals surface area (Å²) in [5.74, 6) is 0.329. The summed E-state index contributed by atoms with van der Waals surface area (Å²) >= 11 is 0. The topological polar surface area (TPSA) is 91.1 Å². The third-order valence-corrected chi connectivity index (χ3v) is 3.07. The maximum atomic E-state index is 12.0. The number of carbonyl (C=O) groups excluding carboxylic acids is 1. The lowest BCUT2D eigenvalue weighted by Gasteiger charge is -2.26. The van der Waals surface area contributed by atoms with Crippen LogP contribution in [0.15, 0.2) is 18.2 Å². The number of hydrogen-bond acceptors (Lipinski definition) is 6. The number of rotatable bonds is 5. The van der Waals surface area contributed by atoms with Crippen molar-refractivity contribution in [1.29, 1.82) is 0 Å². The lowest BCUT2D eigenvalue weighted by molar-refractivity contribution is -0.385. The SMILES string of the molecule is COc1ccc([N+](=O)[O-])cc1OCC(=O)N1CCOCC1. The maximum absolute atomic E-state index is 12.0. The lowest BCUT2D eigenvalue weighted by Crippen LogP contribution is -2.43. The minimum Gasteiger partial charge on any atom is -0.493 e. The number of nitro groups is 1. The van der Waals surface area contributed by atoms with Crippen LogP contribution in [-0.2, 0) is 9.53 Å². The van der Waals surface area contributed by atoms with Crippen molar-refractivity contribution in [2.75, 3.05) is 40.0 Å². The quantitative estimate of drug-likeness (QED) is 0.590. The van der Waals surface area contributed by atoms with Gasteiger partial charge in [-0.05, 0) is 6.07 Å². The molecule has 0 unspecified atom stereocenters. The Morgan fingerprint density at radius 3 is 2.71 bits per heavy atom. The van der Waals surface area contributed by atoms with Crippen molar-refractivity contribution >= 4 is 11.6 Å². The molecule has 1 aromatic carbocycles. The zero-order valence-electron chi connectivity index (χ0n) is 11.6. The highest BCUT2D eigenvalue weighted by Gasteiger charge is 2.19. The van der Waals surface area contributed by atoms with Gasteiger partial charge in [0.05, 0.1) is 31.3 Å². The standard InChI is InChI=1S/C13H16N2O6/c1-19-11-3-2-10(15(17)18)8-12(11)21-9-13(16)14-4-6-20-7-5-14/h2-3,8H,4-7,9H2,1H3. The number of benzene rings is 1. The van der Waals surface area contributed by atoms with Gasteiger partial charge in [0, 0.05) is 19.2 Å². The lowest BCUT2D eigenvalue weighted by atomic mass is 10.3. The van der Waals surface area contributed by atoms with E-state index in [-0.39, 0.29) is 24.0 Å². The molecule has 0 bridgehead atoms. The smallest absolute Gasteiger partial charge is 0.273 e. The number of hydrogen-bond donors (Lipinski definition) is 0. The molecule has 1 aromatic rings. The molecule has 8 heteroatoms. The van der Waals surface area contributed by atoms with E-state index in [0.29, 0.717) is 32.1 Å². The highest BCUT2D eigenvalue weighted by atomic mass is 16.6. The molecule has 21 heavy (non-hydrogen) atoms. The van der Waals surface area contributed by atoms with Crippen LogP contribution in [0.4, 0.5) is 5.69 Å². The van der Waals surface area contributed by atoms with Gasteiger partial charge in [-0.15, -0.1) is 0 Å². The molecule has 114 valence electrons. The summed E-state index contributed by atoms with van der Waals surface area (Å²) in [6.45, 7) is 1.86. The highest BCUT2D eigenvalue weighted by molar-refractivity contribution is 5.78. The average molecular weight is 296 g/mol. The van der Waals surface area contributed by atoms with E-state index in [0.717, 1.165) is 0 Å². The van der Waals surface area contributed by atoms with E-state index in [4.69, 9.17) is 14.2 Å². The van der Waals surface area contributed by atoms with Gasteiger partial charge in [0.25, 0.3) is 11.6 Å². The number of nitro benzene ring substituents is 1. The normalized spacial score (nSPS) is 14.6. The molecular formula is C13H16N2O6. The summed E-state index contributed by atoms with van der Waals surface area (Å²) in [5, 5.41) is 10.8. The van der Waals surface area contributed by atoms with Crippen LogP contribution in [0.5, 0.6) is 11.5 Å². The maximum Gasteiger partial charge on any atom is 0.273 e. The first kappa shape index (κ1) is 15.0. The van der Waals surface area contributed by atoms with E-state index in [1.54, 1.807) is 4.90 Å². The van der Waals surface area contributed by atoms with Crippen LogP contribution in [0.25, 0.3) is 0 Å². The number of methoxy groups -OCH3 is 1. The van der Waals surface area contributed by atoms with Crippen LogP contribution < -0.4 is 9.47 Å². The molecule has 1 saturated heterocycles. The first-order valence-corrected chi connectivity index (χ1v) is 6.42. The van der Waals surface area contributed by atoms with E-state index in [1.165, 1.54) is 25.3 Å². The van der Waals surface area contributed by atoms with E-state index in [2.05, 4.69) is 0 Å². The van der Waals surface area contributed by atoms with Gasteiger partial charge in [0.2, 0.25) is 0 Å². The molecule has 1 heterocycles. The molecule has 1 amide bonds. The van der Waals surface area contributed by atoms with Crippen LogP contribution in [0.3, 0.4) is 0 Å². The largest absolute Gasteiger partial charge is 0.493 e. The van der Waals surface area contributed by atoms with Crippen molar-refractivity contribution in [3.63, 3.8) is 0 Å². The van der Waals surface area contributed by atoms with Gasteiger partial charge in [0.15, 0.2) is 18.1 Å². The Labute approximate surface area is 121 Å². The van der Waals surface area contributed by atoms with Crippen molar-refractivity contribution in [3.8, 4) is 11.5 Å². The Morgan fingerprint density at radius 2 is 2.10 bits per heavy atom. The average Bonchev–Trinajstić information content (AvgIpc) is 2.53. The van der Waals surface area contributed by atoms with Crippen molar-refractivity contribution in [1.82, 2.24) is 4.90 Å². The second-order valence-corrected chi connectivity index (χ2v) is 4.37. The first-order valence-electron chi connectivity index (χ1n) is 6.42. The number of carbonyl (C=O) groups is 1. The minimum atomic E-state index is -0.532. The molecule has 0 N–H and O–H groups in total. The first-order chi connectivity index (χ1) is 10.1. The molecule has 8 nitrogen and oxygen atoms in total. The van der Waals surface area contributed by atoms with Gasteiger partial charge in [-0.25, -0.2) is 0 Å². The van der Waals surface area contributed by atoms with E-state index in [9.17, 15) is 14.9 Å². The predicted octanol–water partition coefficient (Wildman–Crippen LogP) is 0.841. The third-order valence-electron chi connectivity index (χ3n) is 3.07. The van der Waals surface area contributed by atoms with E-state index >= 15 is 0 Å². The van der Waals surface area contributed by atoms with Gasteiger partial charge in [-0.2, -0.15) is 0 Å². The van der Waals surface area contributed by atoms with Gasteiger partial charge in [-0.3, -0.25) is 14.9 Å². The number of non-ortho nitro benzene ring substituents is 1. The minimum absolute atomic E-state index is 0.121. The number of morpholine rings is 1. The van der Waals surface area contributed by atoms with Crippen molar-refractivity contribution in [2.45, 2.75) is 0 Å². The van der Waals surface area contributed by atoms with Crippen LogP contribution in [0.1, 0.15) is 0 Å². The van der Waals surface area contributed by atoms with Gasteiger partial charge < -0.3 is 19.1 Å². The Balaban J connectivity index is 2.02. The van der Waals surface area contributed by atoms with Crippen LogP contribution in [0, 0.1) is 10.1 Å². The fraction of sp³-hybridized carbons (Fsp3) is 0.462. The predicted molar refractivity (Wildman–Crippen MR) is 72.5 cm³/mol. The van der Waals surface area contributed by atoms with Crippen molar-refractivity contribution < 1.29 is 23.9 Å². The van der Waals surface area contributed by atoms with Gasteiger partial charge in [0.1, 0.15) is 0 Å². The molecule has 1 aliphatic rings. The van der Waals surface area contributed by atoms with E-state index in [1.807, 2.05) is 0 Å². The third kappa shape index (κ3) is 3.82. The Bertz CT molecular complexity index is 527. The number of amides is 1. The van der Waals surface area contributed by atoms with E-state index < -0.39 is 4.92 Å². The Hall–Kier alpha value is -2.35. The highest BCUT2D eigenvalue weighted by Crippen LogP contribution is 2.31. The fourth-order valence-electron chi connectivity index (χ4n) is 1.94. The summed E-state index contributed by atoms with van der Waals surface area (Å²) in [6.07, 6.45) is 0. The molecule has 0 saturated carbocycles. The second-order valence-electron chi connectivity index (χ2n) is 4.37. The fourth-order valence-corrected chi connectivity index (χ4v) is 1.94. The summed E-state index contributed by atoms with van der Waals surface area (Å²) in [6, 6.07) is 3.99. The molecule has 0 atom stereocenters.